The van der Waals surface area contributed by atoms with Crippen molar-refractivity contribution in [2.24, 2.45) is 0 Å². The molecule has 1 heterocycles. The van der Waals surface area contributed by atoms with Gasteiger partial charge in [-0.3, -0.25) is 10.1 Å². The molecule has 0 saturated heterocycles. The Morgan fingerprint density at radius 2 is 2.00 bits per heavy atom. The lowest BCUT2D eigenvalue weighted by molar-refractivity contribution is -0.387. The molecular formula is C10H5ClFN3O3. The minimum Gasteiger partial charge on any atom is -0.422 e. The summed E-state index contributed by atoms with van der Waals surface area (Å²) in [4.78, 5) is 17.2. The molecule has 0 unspecified atom stereocenters. The number of hydrogen-bond donors (Lipinski definition) is 0. The average Bonchev–Trinajstić information content (AvgIpc) is 2.33. The Balaban J connectivity index is 2.39. The summed E-state index contributed by atoms with van der Waals surface area (Å²) < 4.78 is 18.3. The second-order valence-corrected chi connectivity index (χ2v) is 3.53. The molecule has 1 aromatic carbocycles. The third-order valence-electron chi connectivity index (χ3n) is 1.94. The van der Waals surface area contributed by atoms with Crippen LogP contribution >= 0.6 is 11.6 Å². The fraction of sp³-hybridized carbons (Fsp3) is 0. The molecule has 0 aliphatic rings. The van der Waals surface area contributed by atoms with Gasteiger partial charge in [0, 0.05) is 18.5 Å². The molecule has 0 bridgehead atoms. The normalized spacial score (nSPS) is 10.1. The third kappa shape index (κ3) is 2.51. The zero-order chi connectivity index (χ0) is 13.1. The highest BCUT2D eigenvalue weighted by Gasteiger charge is 2.19. The van der Waals surface area contributed by atoms with Gasteiger partial charge >= 0.3 is 11.7 Å². The van der Waals surface area contributed by atoms with Gasteiger partial charge < -0.3 is 4.74 Å². The van der Waals surface area contributed by atoms with Crippen molar-refractivity contribution >= 4 is 17.3 Å². The van der Waals surface area contributed by atoms with Crippen molar-refractivity contribution in [1.29, 1.82) is 0 Å². The first-order valence-electron chi connectivity index (χ1n) is 4.66. The largest absolute Gasteiger partial charge is 0.422 e. The second-order valence-electron chi connectivity index (χ2n) is 3.12. The Morgan fingerprint density at radius 3 is 2.61 bits per heavy atom. The fourth-order valence-electron chi connectivity index (χ4n) is 1.17. The van der Waals surface area contributed by atoms with E-state index in [0.29, 0.717) is 0 Å². The molecule has 1 aromatic heterocycles. The third-order valence-corrected chi connectivity index (χ3v) is 2.24. The molecule has 2 rings (SSSR count). The minimum atomic E-state index is -1.04. The van der Waals surface area contributed by atoms with Crippen LogP contribution < -0.4 is 4.74 Å². The monoisotopic (exact) mass is 269 g/mol. The van der Waals surface area contributed by atoms with Crippen molar-refractivity contribution in [3.63, 3.8) is 0 Å². The molecule has 0 saturated carbocycles. The zero-order valence-electron chi connectivity index (χ0n) is 8.71. The molecule has 6 nitrogen and oxygen atoms in total. The summed E-state index contributed by atoms with van der Waals surface area (Å²) in [6, 6.07) is 3.22. The highest BCUT2D eigenvalue weighted by atomic mass is 35.5. The minimum absolute atomic E-state index is 0.0414. The van der Waals surface area contributed by atoms with Crippen molar-refractivity contribution in [1.82, 2.24) is 9.97 Å². The maximum absolute atomic E-state index is 13.2. The van der Waals surface area contributed by atoms with Crippen LogP contribution in [0.1, 0.15) is 0 Å². The first kappa shape index (κ1) is 12.2. The van der Waals surface area contributed by atoms with E-state index in [1.165, 1.54) is 12.4 Å². The van der Waals surface area contributed by atoms with E-state index in [2.05, 4.69) is 9.97 Å². The molecule has 0 radical (unpaired) electrons. The zero-order valence-corrected chi connectivity index (χ0v) is 9.46. The lowest BCUT2D eigenvalue weighted by Crippen LogP contribution is -1.96. The first-order chi connectivity index (χ1) is 8.58. The van der Waals surface area contributed by atoms with Gasteiger partial charge in [-0.05, 0) is 6.07 Å². The summed E-state index contributed by atoms with van der Waals surface area (Å²) >= 11 is 5.71. The van der Waals surface area contributed by atoms with Crippen molar-refractivity contribution < 1.29 is 14.1 Å². The number of nitrogens with zero attached hydrogens (tertiary/aromatic N) is 3. The summed E-state index contributed by atoms with van der Waals surface area (Å²) in [6.07, 6.45) is 2.85. The number of hydrogen-bond acceptors (Lipinski definition) is 5. The molecule has 0 N–H and O–H groups in total. The van der Waals surface area contributed by atoms with Crippen molar-refractivity contribution in [2.45, 2.75) is 0 Å². The molecule has 18 heavy (non-hydrogen) atoms. The second kappa shape index (κ2) is 4.92. The van der Waals surface area contributed by atoms with Gasteiger partial charge in [0.25, 0.3) is 0 Å². The van der Waals surface area contributed by atoms with E-state index in [0.717, 1.165) is 12.1 Å². The van der Waals surface area contributed by atoms with Gasteiger partial charge in [-0.1, -0.05) is 11.6 Å². The molecule has 0 aliphatic carbocycles. The standard InChI is InChI=1S/C10H5ClFN3O3/c11-6-4-7(12)8(15(16)17)5-9(6)18-10-13-2-1-3-14-10/h1-5H. The smallest absolute Gasteiger partial charge is 0.321 e. The van der Waals surface area contributed by atoms with Crippen LogP contribution in [0.15, 0.2) is 30.6 Å². The van der Waals surface area contributed by atoms with Crippen molar-refractivity contribution in [2.75, 3.05) is 0 Å². The number of nitro groups is 1. The number of halogens is 2. The Morgan fingerprint density at radius 1 is 1.33 bits per heavy atom. The lowest BCUT2D eigenvalue weighted by atomic mass is 10.3. The SMILES string of the molecule is O=[N+]([O-])c1cc(Oc2ncccn2)c(Cl)cc1F. The van der Waals surface area contributed by atoms with E-state index in [1.807, 2.05) is 0 Å². The van der Waals surface area contributed by atoms with Crippen LogP contribution in [0.3, 0.4) is 0 Å². The summed E-state index contributed by atoms with van der Waals surface area (Å²) in [6.45, 7) is 0. The Hall–Kier alpha value is -2.28. The molecule has 0 aliphatic heterocycles. The van der Waals surface area contributed by atoms with Crippen LogP contribution in [-0.2, 0) is 0 Å². The first-order valence-corrected chi connectivity index (χ1v) is 5.04. The van der Waals surface area contributed by atoms with E-state index in [9.17, 15) is 14.5 Å². The van der Waals surface area contributed by atoms with E-state index >= 15 is 0 Å². The van der Waals surface area contributed by atoms with Gasteiger partial charge in [-0.25, -0.2) is 9.97 Å². The molecule has 0 spiro atoms. The van der Waals surface area contributed by atoms with Crippen LogP contribution in [0.25, 0.3) is 0 Å². The molecule has 2 aromatic rings. The topological polar surface area (TPSA) is 78.2 Å². The summed E-state index contributed by atoms with van der Waals surface area (Å²) in [5.41, 5.74) is -0.731. The molecule has 92 valence electrons. The van der Waals surface area contributed by atoms with Gasteiger partial charge in [0.1, 0.15) is 0 Å². The number of nitro benzene ring substituents is 1. The van der Waals surface area contributed by atoms with Gasteiger partial charge in [0.15, 0.2) is 5.75 Å². The van der Waals surface area contributed by atoms with Crippen LogP contribution in [0.4, 0.5) is 10.1 Å². The maximum atomic E-state index is 13.2. The highest BCUT2D eigenvalue weighted by Crippen LogP contribution is 2.33. The number of ether oxygens (including phenoxy) is 1. The Bertz CT molecular complexity index is 594. The van der Waals surface area contributed by atoms with Gasteiger partial charge in [0.05, 0.1) is 16.0 Å². The molecular weight excluding hydrogens is 265 g/mol. The quantitative estimate of drug-likeness (QED) is 0.632. The van der Waals surface area contributed by atoms with Crippen LogP contribution in [-0.4, -0.2) is 14.9 Å². The van der Waals surface area contributed by atoms with E-state index in [-0.39, 0.29) is 16.8 Å². The predicted molar refractivity (Wildman–Crippen MR) is 60.2 cm³/mol. The number of benzene rings is 1. The highest BCUT2D eigenvalue weighted by molar-refractivity contribution is 6.32. The molecule has 0 fully saturated rings. The van der Waals surface area contributed by atoms with Crippen LogP contribution in [0.2, 0.25) is 5.02 Å². The van der Waals surface area contributed by atoms with Crippen LogP contribution in [0, 0.1) is 15.9 Å². The van der Waals surface area contributed by atoms with Crippen molar-refractivity contribution in [3.8, 4) is 11.8 Å². The molecule has 8 heteroatoms. The lowest BCUT2D eigenvalue weighted by Gasteiger charge is -2.05. The van der Waals surface area contributed by atoms with Gasteiger partial charge in [-0.15, -0.1) is 0 Å². The predicted octanol–water partition coefficient (Wildman–Crippen LogP) is 2.97. The average molecular weight is 270 g/mol. The molecule has 0 atom stereocenters. The number of rotatable bonds is 3. The van der Waals surface area contributed by atoms with E-state index < -0.39 is 16.4 Å². The maximum Gasteiger partial charge on any atom is 0.321 e. The van der Waals surface area contributed by atoms with E-state index in [1.54, 1.807) is 6.07 Å². The van der Waals surface area contributed by atoms with Crippen LogP contribution in [0.5, 0.6) is 11.8 Å². The summed E-state index contributed by atoms with van der Waals surface area (Å²) in [5, 5.41) is 10.5. The summed E-state index contributed by atoms with van der Waals surface area (Å²) in [7, 11) is 0. The van der Waals surface area contributed by atoms with Crippen molar-refractivity contribution in [3.05, 3.63) is 51.5 Å². The number of aromatic nitrogens is 2. The van der Waals surface area contributed by atoms with E-state index in [4.69, 9.17) is 16.3 Å². The Labute approximate surface area is 105 Å². The Kier molecular flexibility index (Phi) is 3.33. The van der Waals surface area contributed by atoms with Gasteiger partial charge in [-0.2, -0.15) is 4.39 Å². The summed E-state index contributed by atoms with van der Waals surface area (Å²) in [5.74, 6) is -1.12. The molecule has 0 amide bonds. The fourth-order valence-corrected chi connectivity index (χ4v) is 1.36. The van der Waals surface area contributed by atoms with Gasteiger partial charge in [0.2, 0.25) is 5.82 Å².